The van der Waals surface area contributed by atoms with Gasteiger partial charge in [0.1, 0.15) is 0 Å². The number of rotatable bonds is 20. The van der Waals surface area contributed by atoms with Crippen LogP contribution in [0, 0.1) is 0 Å². The van der Waals surface area contributed by atoms with E-state index in [4.69, 9.17) is 0 Å². The van der Waals surface area contributed by atoms with Crippen molar-refractivity contribution in [3.05, 3.63) is 0 Å². The first-order valence-electron chi connectivity index (χ1n) is 11.9. The zero-order valence-corrected chi connectivity index (χ0v) is 21.7. The molecule has 0 fully saturated rings. The van der Waals surface area contributed by atoms with Gasteiger partial charge in [0.15, 0.2) is 0 Å². The van der Waals surface area contributed by atoms with Gasteiger partial charge in [0.2, 0.25) is 0 Å². The van der Waals surface area contributed by atoms with Gasteiger partial charge < -0.3 is 23.0 Å². The lowest BCUT2D eigenvalue weighted by Gasteiger charge is -2.29. The third-order valence-corrected chi connectivity index (χ3v) is 5.73. The Balaban J connectivity index is -0.000000960. The van der Waals surface area contributed by atoms with Crippen molar-refractivity contribution in [2.75, 3.05) is 27.2 Å². The number of hydrogen-bond donors (Lipinski definition) is 1. The maximum Gasteiger partial charge on any atom is 0.0782 e. The molecule has 0 aliphatic rings. The standard InChI is InChI=1S/C24H52N.2ClH.H3N/c1-5-7-9-10-11-12-13-14-15-16-17-18-19-20-21-22-24-25(3,4)23-8-6-2;;;/h5-24H2,1-4H3;2*1H;1H3/q+1;;;/p-1. The number of nitrogens with zero attached hydrogens (tertiary/aromatic N) is 1. The Morgan fingerprint density at radius 2 is 0.679 bits per heavy atom. The van der Waals surface area contributed by atoms with Crippen molar-refractivity contribution in [3.8, 4) is 0 Å². The Kier molecular flexibility index (Phi) is 35.3. The van der Waals surface area contributed by atoms with E-state index in [0.29, 0.717) is 0 Å². The Labute approximate surface area is 192 Å². The molecule has 0 aromatic heterocycles. The average molecular weight is 444 g/mol. The molecule has 0 atom stereocenters. The summed E-state index contributed by atoms with van der Waals surface area (Å²) >= 11 is 0. The summed E-state index contributed by atoms with van der Waals surface area (Å²) in [7, 11) is 4.81. The molecule has 0 aromatic rings. The predicted molar refractivity (Wildman–Crippen MR) is 129 cm³/mol. The summed E-state index contributed by atoms with van der Waals surface area (Å²) in [6, 6.07) is 0. The van der Waals surface area contributed by atoms with Gasteiger partial charge in [0.25, 0.3) is 0 Å². The molecule has 0 aromatic carbocycles. The molecule has 2 nitrogen and oxygen atoms in total. The lowest BCUT2D eigenvalue weighted by atomic mass is 10.0. The number of quaternary nitrogens is 1. The van der Waals surface area contributed by atoms with Crippen LogP contribution < -0.4 is 18.6 Å². The molecule has 0 amide bonds. The molecule has 0 unspecified atom stereocenters. The van der Waals surface area contributed by atoms with Gasteiger partial charge in [-0.2, -0.15) is 0 Å². The number of halogens is 2. The van der Waals surface area contributed by atoms with E-state index in [9.17, 15) is 0 Å². The highest BCUT2D eigenvalue weighted by Gasteiger charge is 2.12. The van der Waals surface area contributed by atoms with Gasteiger partial charge in [-0.05, 0) is 19.3 Å². The molecule has 0 rings (SSSR count). The van der Waals surface area contributed by atoms with Crippen molar-refractivity contribution < 1.29 is 16.9 Å². The van der Waals surface area contributed by atoms with Gasteiger partial charge in [-0.1, -0.05) is 110 Å². The van der Waals surface area contributed by atoms with E-state index < -0.39 is 0 Å². The van der Waals surface area contributed by atoms with E-state index in [1.165, 1.54) is 133 Å². The van der Waals surface area contributed by atoms with Crippen molar-refractivity contribution in [1.82, 2.24) is 6.15 Å². The normalized spacial score (nSPS) is 10.7. The van der Waals surface area contributed by atoms with Crippen LogP contribution in [0.5, 0.6) is 0 Å². The fraction of sp³-hybridized carbons (Fsp3) is 1.00. The number of hydrogen-bond acceptors (Lipinski definition) is 1. The smallest absolute Gasteiger partial charge is 0.0782 e. The fourth-order valence-electron chi connectivity index (χ4n) is 3.79. The van der Waals surface area contributed by atoms with Crippen LogP contribution in [0.25, 0.3) is 0 Å². The summed E-state index contributed by atoms with van der Waals surface area (Å²) < 4.78 is 1.23. The predicted octanol–water partition coefficient (Wildman–Crippen LogP) is 5.71. The minimum Gasteiger partial charge on any atom is -1.00 e. The molecule has 4 heteroatoms. The van der Waals surface area contributed by atoms with Gasteiger partial charge in [-0.3, -0.25) is 0 Å². The Morgan fingerprint density at radius 1 is 0.429 bits per heavy atom. The Morgan fingerprint density at radius 3 is 1.00 bits per heavy atom. The zero-order chi connectivity index (χ0) is 18.6. The van der Waals surface area contributed by atoms with E-state index in [0.717, 1.165) is 0 Å². The third kappa shape index (κ3) is 28.7. The first-order valence-corrected chi connectivity index (χ1v) is 11.9. The summed E-state index contributed by atoms with van der Waals surface area (Å²) in [5.74, 6) is 0. The molecular formula is C24H56Cl2N2. The molecular weight excluding hydrogens is 387 g/mol. The van der Waals surface area contributed by atoms with E-state index in [1.807, 2.05) is 0 Å². The van der Waals surface area contributed by atoms with Crippen LogP contribution in [-0.2, 0) is 0 Å². The summed E-state index contributed by atoms with van der Waals surface area (Å²) in [6.07, 6.45) is 26.1. The van der Waals surface area contributed by atoms with Crippen LogP contribution >= 0.6 is 12.4 Å². The van der Waals surface area contributed by atoms with E-state index in [2.05, 4.69) is 27.9 Å². The van der Waals surface area contributed by atoms with Crippen LogP contribution in [0.4, 0.5) is 0 Å². The SMILES string of the molecule is CCCCCCCCCCCCCCCCCC[N+](C)(C)CCCC.Cl.N.[Cl-]. The first-order chi connectivity index (χ1) is 12.1. The maximum absolute atomic E-state index is 2.40. The fourth-order valence-corrected chi connectivity index (χ4v) is 3.79. The third-order valence-electron chi connectivity index (χ3n) is 5.73. The van der Waals surface area contributed by atoms with Crippen LogP contribution in [0.3, 0.4) is 0 Å². The van der Waals surface area contributed by atoms with Crippen LogP contribution in [-0.4, -0.2) is 31.7 Å². The lowest BCUT2D eigenvalue weighted by molar-refractivity contribution is -0.890. The highest BCUT2D eigenvalue weighted by Crippen LogP contribution is 2.14. The summed E-state index contributed by atoms with van der Waals surface area (Å²) in [5.41, 5.74) is 0. The minimum absolute atomic E-state index is 0. The first kappa shape index (κ1) is 35.9. The highest BCUT2D eigenvalue weighted by molar-refractivity contribution is 5.85. The maximum atomic E-state index is 2.40. The molecule has 28 heavy (non-hydrogen) atoms. The highest BCUT2D eigenvalue weighted by atomic mass is 35.5. The molecule has 0 heterocycles. The van der Waals surface area contributed by atoms with E-state index in [-0.39, 0.29) is 31.0 Å². The Hall–Kier alpha value is 0.500. The molecule has 0 saturated carbocycles. The Bertz CT molecular complexity index is 261. The lowest BCUT2D eigenvalue weighted by Crippen LogP contribution is -3.00. The van der Waals surface area contributed by atoms with Crippen molar-refractivity contribution >= 4 is 12.4 Å². The molecule has 176 valence electrons. The largest absolute Gasteiger partial charge is 1.00 e. The van der Waals surface area contributed by atoms with E-state index >= 15 is 0 Å². The second kappa shape index (κ2) is 27.5. The van der Waals surface area contributed by atoms with Crippen molar-refractivity contribution in [3.63, 3.8) is 0 Å². The van der Waals surface area contributed by atoms with Crippen molar-refractivity contribution in [2.45, 2.75) is 129 Å². The molecule has 0 spiro atoms. The van der Waals surface area contributed by atoms with Gasteiger partial charge in [-0.15, -0.1) is 12.4 Å². The number of unbranched alkanes of at least 4 members (excludes halogenated alkanes) is 16. The minimum atomic E-state index is 0. The van der Waals surface area contributed by atoms with Crippen LogP contribution in [0.1, 0.15) is 129 Å². The van der Waals surface area contributed by atoms with Gasteiger partial charge in [0.05, 0.1) is 27.2 Å². The molecule has 3 N–H and O–H groups in total. The second-order valence-corrected chi connectivity index (χ2v) is 9.04. The molecule has 0 aliphatic carbocycles. The molecule has 0 radical (unpaired) electrons. The van der Waals surface area contributed by atoms with Crippen molar-refractivity contribution in [2.24, 2.45) is 0 Å². The second-order valence-electron chi connectivity index (χ2n) is 9.04. The molecule has 0 aliphatic heterocycles. The van der Waals surface area contributed by atoms with Crippen LogP contribution in [0.2, 0.25) is 0 Å². The van der Waals surface area contributed by atoms with E-state index in [1.54, 1.807) is 0 Å². The summed E-state index contributed by atoms with van der Waals surface area (Å²) in [5, 5.41) is 0. The zero-order valence-electron chi connectivity index (χ0n) is 20.1. The average Bonchev–Trinajstić information content (AvgIpc) is 2.59. The van der Waals surface area contributed by atoms with Crippen LogP contribution in [0.15, 0.2) is 0 Å². The van der Waals surface area contributed by atoms with Crippen molar-refractivity contribution in [1.29, 1.82) is 0 Å². The van der Waals surface area contributed by atoms with Gasteiger partial charge in [0, 0.05) is 0 Å². The topological polar surface area (TPSA) is 35.0 Å². The molecule has 0 bridgehead atoms. The van der Waals surface area contributed by atoms with Gasteiger partial charge in [-0.25, -0.2) is 0 Å². The summed E-state index contributed by atoms with van der Waals surface area (Å²) in [4.78, 5) is 0. The molecule has 0 saturated heterocycles. The monoisotopic (exact) mass is 442 g/mol. The summed E-state index contributed by atoms with van der Waals surface area (Å²) in [6.45, 7) is 7.33. The van der Waals surface area contributed by atoms with Gasteiger partial charge >= 0.3 is 0 Å². The quantitative estimate of drug-likeness (QED) is 0.190.